The van der Waals surface area contributed by atoms with E-state index in [9.17, 15) is 4.79 Å². The SMILES string of the molecule is Cc1ccc(C)c(SCC(=O)N2CCCN(Cc3ccccc3)CC2)c1. The van der Waals surface area contributed by atoms with E-state index < -0.39 is 0 Å². The largest absolute Gasteiger partial charge is 0.341 e. The van der Waals surface area contributed by atoms with Gasteiger partial charge in [-0.15, -0.1) is 11.8 Å². The van der Waals surface area contributed by atoms with Crippen molar-refractivity contribution in [2.75, 3.05) is 31.9 Å². The summed E-state index contributed by atoms with van der Waals surface area (Å²) in [7, 11) is 0. The van der Waals surface area contributed by atoms with Gasteiger partial charge < -0.3 is 4.90 Å². The highest BCUT2D eigenvalue weighted by atomic mass is 32.2. The Hall–Kier alpha value is -1.78. The van der Waals surface area contributed by atoms with E-state index in [1.165, 1.54) is 21.6 Å². The van der Waals surface area contributed by atoms with E-state index in [2.05, 4.69) is 67.3 Å². The first-order chi connectivity index (χ1) is 12.6. The predicted molar refractivity (Wildman–Crippen MR) is 110 cm³/mol. The van der Waals surface area contributed by atoms with E-state index in [1.807, 2.05) is 4.90 Å². The van der Waals surface area contributed by atoms with Gasteiger partial charge in [-0.1, -0.05) is 48.0 Å². The first-order valence-electron chi connectivity index (χ1n) is 9.36. The zero-order valence-electron chi connectivity index (χ0n) is 15.8. The molecule has 3 rings (SSSR count). The molecule has 0 unspecified atom stereocenters. The van der Waals surface area contributed by atoms with Crippen LogP contribution in [-0.4, -0.2) is 47.6 Å². The highest BCUT2D eigenvalue weighted by molar-refractivity contribution is 8.00. The molecule has 0 spiro atoms. The van der Waals surface area contributed by atoms with Crippen molar-refractivity contribution in [3.05, 3.63) is 65.2 Å². The molecule has 0 saturated carbocycles. The third kappa shape index (κ3) is 5.36. The third-order valence-corrected chi connectivity index (χ3v) is 6.03. The maximum atomic E-state index is 12.7. The molecule has 1 amide bonds. The molecule has 1 aliphatic heterocycles. The summed E-state index contributed by atoms with van der Waals surface area (Å²) in [5.41, 5.74) is 3.84. The van der Waals surface area contributed by atoms with Crippen molar-refractivity contribution in [1.29, 1.82) is 0 Å². The second kappa shape index (κ2) is 9.24. The van der Waals surface area contributed by atoms with Gasteiger partial charge in [0.1, 0.15) is 0 Å². The van der Waals surface area contributed by atoms with Gasteiger partial charge in [0.15, 0.2) is 0 Å². The van der Waals surface area contributed by atoms with E-state index in [0.717, 1.165) is 39.1 Å². The monoisotopic (exact) mass is 368 g/mol. The first kappa shape index (κ1) is 19.0. The summed E-state index contributed by atoms with van der Waals surface area (Å²) in [5.74, 6) is 0.792. The minimum atomic E-state index is 0.262. The second-order valence-electron chi connectivity index (χ2n) is 7.05. The molecule has 3 nitrogen and oxygen atoms in total. The first-order valence-corrected chi connectivity index (χ1v) is 10.3. The lowest BCUT2D eigenvalue weighted by molar-refractivity contribution is -0.128. The van der Waals surface area contributed by atoms with Crippen molar-refractivity contribution in [2.45, 2.75) is 31.7 Å². The number of aryl methyl sites for hydroxylation is 2. The lowest BCUT2D eigenvalue weighted by atomic mass is 10.2. The molecule has 1 fully saturated rings. The molecule has 0 radical (unpaired) electrons. The van der Waals surface area contributed by atoms with E-state index in [-0.39, 0.29) is 5.91 Å². The van der Waals surface area contributed by atoms with Crippen molar-refractivity contribution < 1.29 is 4.79 Å². The maximum Gasteiger partial charge on any atom is 0.232 e. The Balaban J connectivity index is 1.50. The Labute approximate surface area is 161 Å². The molecule has 0 aliphatic carbocycles. The van der Waals surface area contributed by atoms with Crippen molar-refractivity contribution >= 4 is 17.7 Å². The Bertz CT molecular complexity index is 732. The van der Waals surface area contributed by atoms with Gasteiger partial charge >= 0.3 is 0 Å². The number of nitrogens with zero attached hydrogens (tertiary/aromatic N) is 2. The van der Waals surface area contributed by atoms with Gasteiger partial charge in [-0.3, -0.25) is 9.69 Å². The van der Waals surface area contributed by atoms with E-state index in [4.69, 9.17) is 0 Å². The highest BCUT2D eigenvalue weighted by Gasteiger charge is 2.19. The summed E-state index contributed by atoms with van der Waals surface area (Å²) in [6.45, 7) is 8.90. The molecule has 138 valence electrons. The zero-order chi connectivity index (χ0) is 18.4. The topological polar surface area (TPSA) is 23.6 Å². The summed E-state index contributed by atoms with van der Waals surface area (Å²) in [4.78, 5) is 18.4. The predicted octanol–water partition coefficient (Wildman–Crippen LogP) is 4.13. The second-order valence-corrected chi connectivity index (χ2v) is 8.07. The molecule has 26 heavy (non-hydrogen) atoms. The fourth-order valence-electron chi connectivity index (χ4n) is 3.31. The lowest BCUT2D eigenvalue weighted by Crippen LogP contribution is -2.36. The molecule has 2 aromatic carbocycles. The average Bonchev–Trinajstić information content (AvgIpc) is 2.89. The summed E-state index contributed by atoms with van der Waals surface area (Å²) >= 11 is 1.67. The molecule has 0 aromatic heterocycles. The molecular formula is C22H28N2OS. The number of hydrogen-bond donors (Lipinski definition) is 0. The number of benzene rings is 2. The van der Waals surface area contributed by atoms with Crippen LogP contribution in [0.25, 0.3) is 0 Å². The van der Waals surface area contributed by atoms with Crippen molar-refractivity contribution in [3.8, 4) is 0 Å². The number of carbonyl (C=O) groups excluding carboxylic acids is 1. The van der Waals surface area contributed by atoms with Gasteiger partial charge in [0, 0.05) is 37.6 Å². The molecular weight excluding hydrogens is 340 g/mol. The standard InChI is InChI=1S/C22H28N2OS/c1-18-9-10-19(2)21(15-18)26-17-22(25)24-12-6-11-23(13-14-24)16-20-7-4-3-5-8-20/h3-5,7-10,15H,6,11-14,16-17H2,1-2H3. The van der Waals surface area contributed by atoms with Gasteiger partial charge in [-0.2, -0.15) is 0 Å². The summed E-state index contributed by atoms with van der Waals surface area (Å²) in [5, 5.41) is 0. The van der Waals surface area contributed by atoms with E-state index in [0.29, 0.717) is 5.75 Å². The van der Waals surface area contributed by atoms with E-state index >= 15 is 0 Å². The summed E-state index contributed by atoms with van der Waals surface area (Å²) in [6.07, 6.45) is 1.05. The quantitative estimate of drug-likeness (QED) is 0.742. The highest BCUT2D eigenvalue weighted by Crippen LogP contribution is 2.24. The van der Waals surface area contributed by atoms with Gasteiger partial charge in [-0.05, 0) is 37.5 Å². The zero-order valence-corrected chi connectivity index (χ0v) is 16.6. The van der Waals surface area contributed by atoms with Crippen LogP contribution < -0.4 is 0 Å². The number of rotatable bonds is 5. The van der Waals surface area contributed by atoms with Gasteiger partial charge in [0.05, 0.1) is 5.75 Å². The Morgan fingerprint density at radius 1 is 1.00 bits per heavy atom. The molecule has 1 saturated heterocycles. The van der Waals surface area contributed by atoms with Crippen molar-refractivity contribution in [2.24, 2.45) is 0 Å². The number of hydrogen-bond acceptors (Lipinski definition) is 3. The van der Waals surface area contributed by atoms with Crippen LogP contribution in [-0.2, 0) is 11.3 Å². The number of thioether (sulfide) groups is 1. The average molecular weight is 369 g/mol. The Kier molecular flexibility index (Phi) is 6.75. The lowest BCUT2D eigenvalue weighted by Gasteiger charge is -2.22. The molecule has 2 aromatic rings. The van der Waals surface area contributed by atoms with Crippen LogP contribution in [0.15, 0.2) is 53.4 Å². The normalized spacial score (nSPS) is 15.7. The van der Waals surface area contributed by atoms with Crippen molar-refractivity contribution in [3.63, 3.8) is 0 Å². The minimum absolute atomic E-state index is 0.262. The van der Waals surface area contributed by atoms with Crippen LogP contribution in [0.5, 0.6) is 0 Å². The van der Waals surface area contributed by atoms with E-state index in [1.54, 1.807) is 11.8 Å². The smallest absolute Gasteiger partial charge is 0.232 e. The molecule has 0 N–H and O–H groups in total. The number of amides is 1. The van der Waals surface area contributed by atoms with Crippen LogP contribution in [0, 0.1) is 13.8 Å². The van der Waals surface area contributed by atoms with Crippen LogP contribution in [0.2, 0.25) is 0 Å². The van der Waals surface area contributed by atoms with Gasteiger partial charge in [0.2, 0.25) is 5.91 Å². The summed E-state index contributed by atoms with van der Waals surface area (Å²) < 4.78 is 0. The maximum absolute atomic E-state index is 12.7. The molecule has 0 atom stereocenters. The van der Waals surface area contributed by atoms with Crippen LogP contribution in [0.4, 0.5) is 0 Å². The Morgan fingerprint density at radius 2 is 1.81 bits per heavy atom. The van der Waals surface area contributed by atoms with Gasteiger partial charge in [0.25, 0.3) is 0 Å². The van der Waals surface area contributed by atoms with Crippen LogP contribution in [0.1, 0.15) is 23.1 Å². The molecule has 4 heteroatoms. The fourth-order valence-corrected chi connectivity index (χ4v) is 4.34. The van der Waals surface area contributed by atoms with Gasteiger partial charge in [-0.25, -0.2) is 0 Å². The van der Waals surface area contributed by atoms with Crippen LogP contribution in [0.3, 0.4) is 0 Å². The molecule has 0 bridgehead atoms. The molecule has 1 heterocycles. The van der Waals surface area contributed by atoms with Crippen LogP contribution >= 0.6 is 11.8 Å². The minimum Gasteiger partial charge on any atom is -0.341 e. The summed E-state index contributed by atoms with van der Waals surface area (Å²) in [6, 6.07) is 17.0. The van der Waals surface area contributed by atoms with Crippen molar-refractivity contribution in [1.82, 2.24) is 9.80 Å². The fraction of sp³-hybridized carbons (Fsp3) is 0.409. The molecule has 1 aliphatic rings. The third-order valence-electron chi connectivity index (χ3n) is 4.89. The number of carbonyl (C=O) groups is 1. The Morgan fingerprint density at radius 3 is 2.62 bits per heavy atom.